The largest absolute Gasteiger partial charge is 0.313 e. The molecule has 1 aromatic carbocycles. The smallest absolute Gasteiger partial charge is 0.215 e. The highest BCUT2D eigenvalue weighted by atomic mass is 35.5. The molecule has 0 saturated carbocycles. The van der Waals surface area contributed by atoms with Crippen LogP contribution in [0.4, 0.5) is 4.39 Å². The van der Waals surface area contributed by atoms with Crippen molar-refractivity contribution in [3.63, 3.8) is 0 Å². The highest BCUT2D eigenvalue weighted by molar-refractivity contribution is 7.88. The van der Waals surface area contributed by atoms with Crippen molar-refractivity contribution < 1.29 is 12.8 Å². The lowest BCUT2D eigenvalue weighted by Crippen LogP contribution is -2.39. The van der Waals surface area contributed by atoms with Crippen molar-refractivity contribution in [2.75, 3.05) is 13.1 Å². The lowest BCUT2D eigenvalue weighted by Gasteiger charge is -2.13. The molecule has 0 heterocycles. The lowest BCUT2D eigenvalue weighted by atomic mass is 10.2. The molecule has 0 radical (unpaired) electrons. The van der Waals surface area contributed by atoms with Gasteiger partial charge in [-0.3, -0.25) is 0 Å². The Bertz CT molecular complexity index is 526. The molecule has 0 aliphatic rings. The molecule has 1 rings (SSSR count). The zero-order valence-electron chi connectivity index (χ0n) is 11.3. The molecule has 8 heteroatoms. The Kier molecular flexibility index (Phi) is 8.62. The number of halogens is 3. The van der Waals surface area contributed by atoms with Gasteiger partial charge in [0.2, 0.25) is 10.0 Å². The third-order valence-corrected chi connectivity index (χ3v) is 4.11. The van der Waals surface area contributed by atoms with E-state index in [-0.39, 0.29) is 29.2 Å². The van der Waals surface area contributed by atoms with Gasteiger partial charge in [-0.15, -0.1) is 12.4 Å². The Hall–Kier alpha value is -0.400. The van der Waals surface area contributed by atoms with E-state index < -0.39 is 15.8 Å². The Labute approximate surface area is 130 Å². The average Bonchev–Trinajstić information content (AvgIpc) is 2.32. The van der Waals surface area contributed by atoms with Crippen LogP contribution >= 0.6 is 24.0 Å². The molecule has 1 atom stereocenters. The highest BCUT2D eigenvalue weighted by Crippen LogP contribution is 2.17. The monoisotopic (exact) mass is 344 g/mol. The Morgan fingerprint density at radius 3 is 2.60 bits per heavy atom. The zero-order chi connectivity index (χ0) is 14.5. The minimum atomic E-state index is -3.45. The van der Waals surface area contributed by atoms with Crippen molar-refractivity contribution in [1.82, 2.24) is 10.0 Å². The van der Waals surface area contributed by atoms with Crippen molar-refractivity contribution in [1.29, 1.82) is 0 Å². The second-order valence-corrected chi connectivity index (χ2v) is 6.53. The number of hydrogen-bond donors (Lipinski definition) is 2. The number of hydrogen-bond acceptors (Lipinski definition) is 3. The number of sulfonamides is 1. The fraction of sp³-hybridized carbons (Fsp3) is 0.500. The molecule has 0 fully saturated rings. The van der Waals surface area contributed by atoms with Gasteiger partial charge in [0.05, 0.1) is 10.8 Å². The summed E-state index contributed by atoms with van der Waals surface area (Å²) in [6.45, 7) is 4.92. The first-order chi connectivity index (χ1) is 8.84. The number of rotatable bonds is 7. The highest BCUT2D eigenvalue weighted by Gasteiger charge is 2.13. The molecule has 4 nitrogen and oxygen atoms in total. The first-order valence-electron chi connectivity index (χ1n) is 5.98. The molecule has 2 N–H and O–H groups in total. The molecule has 0 aliphatic carbocycles. The summed E-state index contributed by atoms with van der Waals surface area (Å²) < 4.78 is 39.1. The molecule has 0 aromatic heterocycles. The molecule has 0 unspecified atom stereocenters. The molecule has 0 spiro atoms. The summed E-state index contributed by atoms with van der Waals surface area (Å²) in [5.41, 5.74) is 0.454. The molecule has 0 aliphatic heterocycles. The SMILES string of the molecule is CCN[C@H](C)CNS(=O)(=O)Cc1ccc(F)c(Cl)c1.Cl. The summed E-state index contributed by atoms with van der Waals surface area (Å²) in [5.74, 6) is -0.775. The van der Waals surface area contributed by atoms with E-state index in [1.54, 1.807) is 0 Å². The van der Waals surface area contributed by atoms with Crippen LogP contribution in [0.2, 0.25) is 5.02 Å². The van der Waals surface area contributed by atoms with Crippen molar-refractivity contribution in [2.45, 2.75) is 25.6 Å². The van der Waals surface area contributed by atoms with E-state index in [1.165, 1.54) is 12.1 Å². The Morgan fingerprint density at radius 2 is 2.05 bits per heavy atom. The second kappa shape index (κ2) is 8.79. The molecule has 0 bridgehead atoms. The van der Waals surface area contributed by atoms with Gasteiger partial charge in [0.25, 0.3) is 0 Å². The van der Waals surface area contributed by atoms with Crippen molar-refractivity contribution in [3.8, 4) is 0 Å². The van der Waals surface area contributed by atoms with Gasteiger partial charge < -0.3 is 5.32 Å². The number of benzene rings is 1. The standard InChI is InChI=1S/C12H18ClFN2O2S.ClH/c1-3-15-9(2)7-16-19(17,18)8-10-4-5-12(14)11(13)6-10;/h4-6,9,15-16H,3,7-8H2,1-2H3;1H/t9-;/m1./s1. The van der Waals surface area contributed by atoms with Gasteiger partial charge >= 0.3 is 0 Å². The summed E-state index contributed by atoms with van der Waals surface area (Å²) in [5, 5.41) is 3.03. The van der Waals surface area contributed by atoms with Crippen LogP contribution in [-0.4, -0.2) is 27.5 Å². The molecule has 20 heavy (non-hydrogen) atoms. The van der Waals surface area contributed by atoms with E-state index >= 15 is 0 Å². The van der Waals surface area contributed by atoms with Crippen molar-refractivity contribution >= 4 is 34.0 Å². The van der Waals surface area contributed by atoms with Crippen LogP contribution in [0.5, 0.6) is 0 Å². The lowest BCUT2D eigenvalue weighted by molar-refractivity contribution is 0.535. The molecule has 0 amide bonds. The van der Waals surface area contributed by atoms with Gasteiger partial charge in [0.15, 0.2) is 0 Å². The molecular formula is C12H19Cl2FN2O2S. The van der Waals surface area contributed by atoms with Gasteiger partial charge in [0, 0.05) is 12.6 Å². The van der Waals surface area contributed by atoms with E-state index in [2.05, 4.69) is 10.0 Å². The molecule has 1 aromatic rings. The number of nitrogens with one attached hydrogen (secondary N) is 2. The second-order valence-electron chi connectivity index (χ2n) is 4.31. The first-order valence-corrected chi connectivity index (χ1v) is 8.01. The Morgan fingerprint density at radius 1 is 1.40 bits per heavy atom. The minimum absolute atomic E-state index is 0. The van der Waals surface area contributed by atoms with Gasteiger partial charge in [-0.25, -0.2) is 17.5 Å². The molecule has 116 valence electrons. The van der Waals surface area contributed by atoms with Crippen LogP contribution in [0.25, 0.3) is 0 Å². The van der Waals surface area contributed by atoms with E-state index in [4.69, 9.17) is 11.6 Å². The van der Waals surface area contributed by atoms with Crippen LogP contribution in [0.1, 0.15) is 19.4 Å². The van der Waals surface area contributed by atoms with Gasteiger partial charge in [-0.05, 0) is 31.2 Å². The third-order valence-electron chi connectivity index (χ3n) is 2.50. The maximum Gasteiger partial charge on any atom is 0.215 e. The maximum atomic E-state index is 13.0. The van der Waals surface area contributed by atoms with Crippen LogP contribution in [0.3, 0.4) is 0 Å². The predicted molar refractivity (Wildman–Crippen MR) is 82.4 cm³/mol. The van der Waals surface area contributed by atoms with E-state index in [0.717, 1.165) is 12.6 Å². The van der Waals surface area contributed by atoms with Crippen LogP contribution in [-0.2, 0) is 15.8 Å². The fourth-order valence-corrected chi connectivity index (χ4v) is 3.00. The fourth-order valence-electron chi connectivity index (χ4n) is 1.57. The van der Waals surface area contributed by atoms with Crippen LogP contribution < -0.4 is 10.0 Å². The Balaban J connectivity index is 0.00000361. The zero-order valence-corrected chi connectivity index (χ0v) is 13.7. The topological polar surface area (TPSA) is 58.2 Å². The summed E-state index contributed by atoms with van der Waals surface area (Å²) in [4.78, 5) is 0. The quantitative estimate of drug-likeness (QED) is 0.797. The van der Waals surface area contributed by atoms with Gasteiger partial charge in [-0.2, -0.15) is 0 Å². The third kappa shape index (κ3) is 6.85. The predicted octanol–water partition coefficient (Wildman–Crippen LogP) is 2.32. The minimum Gasteiger partial charge on any atom is -0.313 e. The summed E-state index contributed by atoms with van der Waals surface area (Å²) in [6, 6.07) is 3.95. The van der Waals surface area contributed by atoms with Gasteiger partial charge in [-0.1, -0.05) is 24.6 Å². The van der Waals surface area contributed by atoms with Crippen LogP contribution in [0, 0.1) is 5.82 Å². The molecule has 0 saturated heterocycles. The molecular weight excluding hydrogens is 326 g/mol. The normalized spacial score (nSPS) is 12.8. The van der Waals surface area contributed by atoms with Crippen molar-refractivity contribution in [3.05, 3.63) is 34.6 Å². The van der Waals surface area contributed by atoms with E-state index in [0.29, 0.717) is 12.1 Å². The maximum absolute atomic E-state index is 13.0. The first kappa shape index (κ1) is 19.6. The van der Waals surface area contributed by atoms with Crippen LogP contribution in [0.15, 0.2) is 18.2 Å². The van der Waals surface area contributed by atoms with E-state index in [9.17, 15) is 12.8 Å². The van der Waals surface area contributed by atoms with Crippen molar-refractivity contribution in [2.24, 2.45) is 0 Å². The van der Waals surface area contributed by atoms with Gasteiger partial charge in [0.1, 0.15) is 5.82 Å². The number of likely N-dealkylation sites (N-methyl/N-ethyl adjacent to an activating group) is 1. The summed E-state index contributed by atoms with van der Waals surface area (Å²) in [6.07, 6.45) is 0. The summed E-state index contributed by atoms with van der Waals surface area (Å²) in [7, 11) is -3.45. The average molecular weight is 345 g/mol. The summed E-state index contributed by atoms with van der Waals surface area (Å²) >= 11 is 5.61. The van der Waals surface area contributed by atoms with E-state index in [1.807, 2.05) is 13.8 Å².